The van der Waals surface area contributed by atoms with Crippen molar-refractivity contribution in [2.75, 3.05) is 7.11 Å². The lowest BCUT2D eigenvalue weighted by molar-refractivity contribution is -0.569. The first kappa shape index (κ1) is 11.0. The SMILES string of the molecule is COc1ccc2[nH]cc3c2c1CC(N)([N+](=O)[O-])C3. The van der Waals surface area contributed by atoms with Gasteiger partial charge < -0.3 is 9.72 Å². The van der Waals surface area contributed by atoms with Crippen LogP contribution in [0.5, 0.6) is 5.75 Å². The summed E-state index contributed by atoms with van der Waals surface area (Å²) < 4.78 is 5.28. The van der Waals surface area contributed by atoms with Crippen LogP contribution >= 0.6 is 0 Å². The molecule has 0 bridgehead atoms. The maximum absolute atomic E-state index is 11.2. The first-order valence-corrected chi connectivity index (χ1v) is 5.64. The Hall–Kier alpha value is -2.08. The largest absolute Gasteiger partial charge is 0.496 e. The minimum absolute atomic E-state index is 0.186. The van der Waals surface area contributed by atoms with Gasteiger partial charge in [0.05, 0.1) is 20.0 Å². The van der Waals surface area contributed by atoms with E-state index in [1.165, 1.54) is 0 Å². The molecule has 0 saturated carbocycles. The molecule has 6 heteroatoms. The van der Waals surface area contributed by atoms with Crippen molar-refractivity contribution in [3.63, 3.8) is 0 Å². The van der Waals surface area contributed by atoms with E-state index < -0.39 is 10.6 Å². The number of nitrogens with one attached hydrogen (secondary N) is 1. The Morgan fingerprint density at radius 2 is 2.28 bits per heavy atom. The molecule has 1 heterocycles. The summed E-state index contributed by atoms with van der Waals surface area (Å²) in [6, 6.07) is 3.72. The topological polar surface area (TPSA) is 94.2 Å². The molecule has 1 aromatic heterocycles. The molecule has 1 aliphatic carbocycles. The third-order valence-corrected chi connectivity index (χ3v) is 3.56. The highest BCUT2D eigenvalue weighted by atomic mass is 16.6. The molecule has 1 aliphatic rings. The molecule has 3 rings (SSSR count). The van der Waals surface area contributed by atoms with Gasteiger partial charge in [-0.25, -0.2) is 0 Å². The van der Waals surface area contributed by atoms with Crippen molar-refractivity contribution in [1.82, 2.24) is 4.98 Å². The number of hydrogen-bond acceptors (Lipinski definition) is 4. The third kappa shape index (κ3) is 1.32. The zero-order chi connectivity index (χ0) is 12.9. The van der Waals surface area contributed by atoms with Gasteiger partial charge in [0.2, 0.25) is 0 Å². The number of nitrogens with two attached hydrogens (primary N) is 1. The van der Waals surface area contributed by atoms with Crippen LogP contribution in [0.2, 0.25) is 0 Å². The van der Waals surface area contributed by atoms with Gasteiger partial charge in [-0.3, -0.25) is 15.8 Å². The highest BCUT2D eigenvalue weighted by molar-refractivity contribution is 5.89. The van der Waals surface area contributed by atoms with Gasteiger partial charge >= 0.3 is 0 Å². The van der Waals surface area contributed by atoms with E-state index in [9.17, 15) is 10.1 Å². The summed E-state index contributed by atoms with van der Waals surface area (Å²) >= 11 is 0. The van der Waals surface area contributed by atoms with E-state index >= 15 is 0 Å². The van der Waals surface area contributed by atoms with Crippen molar-refractivity contribution in [3.8, 4) is 5.75 Å². The number of aromatic amines is 1. The van der Waals surface area contributed by atoms with E-state index in [1.54, 1.807) is 13.3 Å². The van der Waals surface area contributed by atoms with E-state index in [0.29, 0.717) is 5.75 Å². The fourth-order valence-electron chi connectivity index (χ4n) is 2.69. The Bertz CT molecular complexity index is 649. The van der Waals surface area contributed by atoms with Crippen LogP contribution in [-0.2, 0) is 12.8 Å². The van der Waals surface area contributed by atoms with Gasteiger partial charge in [0.25, 0.3) is 5.66 Å². The summed E-state index contributed by atoms with van der Waals surface area (Å²) in [6.45, 7) is 0. The minimum Gasteiger partial charge on any atom is -0.496 e. The van der Waals surface area contributed by atoms with Crippen LogP contribution in [0.25, 0.3) is 10.9 Å². The zero-order valence-electron chi connectivity index (χ0n) is 9.90. The van der Waals surface area contributed by atoms with Crippen LogP contribution in [0, 0.1) is 10.1 Å². The quantitative estimate of drug-likeness (QED) is 0.473. The smallest absolute Gasteiger partial charge is 0.280 e. The molecular weight excluding hydrogens is 234 g/mol. The molecule has 18 heavy (non-hydrogen) atoms. The molecule has 0 fully saturated rings. The molecule has 0 spiro atoms. The van der Waals surface area contributed by atoms with Crippen LogP contribution in [0.3, 0.4) is 0 Å². The van der Waals surface area contributed by atoms with Crippen LogP contribution in [-0.4, -0.2) is 22.7 Å². The number of methoxy groups -OCH3 is 1. The molecule has 0 amide bonds. The molecule has 0 radical (unpaired) electrons. The second-order valence-corrected chi connectivity index (χ2v) is 4.70. The van der Waals surface area contributed by atoms with Gasteiger partial charge in [-0.05, 0) is 17.7 Å². The van der Waals surface area contributed by atoms with E-state index in [2.05, 4.69) is 4.98 Å². The molecule has 6 nitrogen and oxygen atoms in total. The van der Waals surface area contributed by atoms with Gasteiger partial charge in [0.15, 0.2) is 0 Å². The van der Waals surface area contributed by atoms with Crippen molar-refractivity contribution in [1.29, 1.82) is 0 Å². The number of aromatic nitrogens is 1. The van der Waals surface area contributed by atoms with Gasteiger partial charge in [-0.1, -0.05) is 0 Å². The molecule has 0 saturated heterocycles. The lowest BCUT2D eigenvalue weighted by atomic mass is 9.85. The van der Waals surface area contributed by atoms with E-state index in [1.807, 2.05) is 12.1 Å². The first-order chi connectivity index (χ1) is 8.55. The zero-order valence-corrected chi connectivity index (χ0v) is 9.90. The maximum atomic E-state index is 11.2. The number of rotatable bonds is 2. The Labute approximate surface area is 103 Å². The van der Waals surface area contributed by atoms with E-state index in [0.717, 1.165) is 22.0 Å². The Kier molecular flexibility index (Phi) is 2.12. The third-order valence-electron chi connectivity index (χ3n) is 3.56. The lowest BCUT2D eigenvalue weighted by Gasteiger charge is -2.26. The molecule has 3 N–H and O–H groups in total. The molecule has 0 aliphatic heterocycles. The van der Waals surface area contributed by atoms with Crippen molar-refractivity contribution in [2.45, 2.75) is 18.5 Å². The average molecular weight is 247 g/mol. The van der Waals surface area contributed by atoms with Crippen LogP contribution in [0.4, 0.5) is 0 Å². The van der Waals surface area contributed by atoms with Gasteiger partial charge in [-0.15, -0.1) is 0 Å². The number of H-pyrrole nitrogens is 1. The molecule has 1 atom stereocenters. The van der Waals surface area contributed by atoms with Crippen LogP contribution < -0.4 is 10.5 Å². The number of ether oxygens (including phenoxy) is 1. The standard InChI is InChI=1S/C12H13N3O3/c1-18-10-3-2-9-11-7(6-14-9)4-12(13,15(16)17)5-8(10)11/h2-3,6,14H,4-5,13H2,1H3. The summed E-state index contributed by atoms with van der Waals surface area (Å²) in [4.78, 5) is 13.9. The maximum Gasteiger partial charge on any atom is 0.280 e. The number of hydrogen-bond donors (Lipinski definition) is 2. The summed E-state index contributed by atoms with van der Waals surface area (Å²) in [5.41, 5.74) is 7.12. The average Bonchev–Trinajstić information content (AvgIpc) is 2.73. The first-order valence-electron chi connectivity index (χ1n) is 5.64. The Morgan fingerprint density at radius 3 is 2.94 bits per heavy atom. The number of nitrogens with zero attached hydrogens (tertiary/aromatic N) is 1. The second kappa shape index (κ2) is 3.46. The molecule has 94 valence electrons. The summed E-state index contributed by atoms with van der Waals surface area (Å²) in [5.74, 6) is 0.653. The predicted octanol–water partition coefficient (Wildman–Crippen LogP) is 1.21. The second-order valence-electron chi connectivity index (χ2n) is 4.70. The van der Waals surface area contributed by atoms with Crippen molar-refractivity contribution < 1.29 is 9.66 Å². The van der Waals surface area contributed by atoms with E-state index in [-0.39, 0.29) is 12.8 Å². The fourth-order valence-corrected chi connectivity index (χ4v) is 2.69. The fraction of sp³-hybridized carbons (Fsp3) is 0.333. The summed E-state index contributed by atoms with van der Waals surface area (Å²) in [5, 5.41) is 12.2. The van der Waals surface area contributed by atoms with Gasteiger partial charge in [0, 0.05) is 27.6 Å². The molecular formula is C12H13N3O3. The lowest BCUT2D eigenvalue weighted by Crippen LogP contribution is -2.52. The summed E-state index contributed by atoms with van der Waals surface area (Å²) in [7, 11) is 1.56. The van der Waals surface area contributed by atoms with Crippen molar-refractivity contribution in [3.05, 3.63) is 39.6 Å². The normalized spacial score (nSPS) is 22.1. The van der Waals surface area contributed by atoms with Gasteiger partial charge in [0.1, 0.15) is 5.75 Å². The Morgan fingerprint density at radius 1 is 1.50 bits per heavy atom. The number of nitro groups is 1. The summed E-state index contributed by atoms with van der Waals surface area (Å²) in [6.07, 6.45) is 2.21. The van der Waals surface area contributed by atoms with Crippen molar-refractivity contribution in [2.24, 2.45) is 5.73 Å². The van der Waals surface area contributed by atoms with E-state index in [4.69, 9.17) is 10.5 Å². The number of benzene rings is 1. The van der Waals surface area contributed by atoms with Crippen molar-refractivity contribution >= 4 is 10.9 Å². The predicted molar refractivity (Wildman–Crippen MR) is 66.2 cm³/mol. The molecule has 1 aromatic carbocycles. The van der Waals surface area contributed by atoms with Crippen LogP contribution in [0.1, 0.15) is 11.1 Å². The van der Waals surface area contributed by atoms with Gasteiger partial charge in [-0.2, -0.15) is 0 Å². The highest BCUT2D eigenvalue weighted by Gasteiger charge is 2.44. The molecule has 1 unspecified atom stereocenters. The minimum atomic E-state index is -1.45. The highest BCUT2D eigenvalue weighted by Crippen LogP contribution is 2.38. The Balaban J connectivity index is 2.27. The molecule has 2 aromatic rings. The van der Waals surface area contributed by atoms with Crippen LogP contribution in [0.15, 0.2) is 18.3 Å². The monoisotopic (exact) mass is 247 g/mol.